The highest BCUT2D eigenvalue weighted by Gasteiger charge is 2.25. The van der Waals surface area contributed by atoms with Crippen molar-refractivity contribution in [3.63, 3.8) is 0 Å². The van der Waals surface area contributed by atoms with E-state index in [1.165, 1.54) is 24.1 Å². The summed E-state index contributed by atoms with van der Waals surface area (Å²) in [6, 6.07) is 7.66. The van der Waals surface area contributed by atoms with E-state index in [2.05, 4.69) is 16.8 Å². The first-order valence-electron chi connectivity index (χ1n) is 11.3. The molecular formula is C24H35FN2O5S2. The van der Waals surface area contributed by atoms with Crippen LogP contribution in [0.4, 0.5) is 4.39 Å². The molecule has 0 radical (unpaired) electrons. The Morgan fingerprint density at radius 3 is 2.62 bits per heavy atom. The maximum Gasteiger partial charge on any atom is 0.303 e. The van der Waals surface area contributed by atoms with Gasteiger partial charge >= 0.3 is 5.97 Å². The summed E-state index contributed by atoms with van der Waals surface area (Å²) in [7, 11) is -2.68. The third kappa shape index (κ3) is 9.42. The van der Waals surface area contributed by atoms with E-state index in [1.807, 2.05) is 19.9 Å². The number of aryl methyl sites for hydroxylation is 2. The van der Waals surface area contributed by atoms with E-state index in [1.54, 1.807) is 11.3 Å². The standard InChI is InChI=1S/C24H35FN2O5S2/c1-24(2,11-5-8-21-9-6-12-33-21)26-16-20(28)17-27(3)34(31,32)22-14-18(13-19(25)15-22)7-4-10-23(29)30/h6,9,12-15,20,26,28H,4-5,7-8,10-11,16-17H2,1-3H3,(H,29,30). The quantitative estimate of drug-likeness (QED) is 0.335. The van der Waals surface area contributed by atoms with Gasteiger partial charge < -0.3 is 15.5 Å². The van der Waals surface area contributed by atoms with Crippen molar-refractivity contribution in [3.05, 3.63) is 52.0 Å². The normalized spacial score (nSPS) is 13.4. The monoisotopic (exact) mass is 514 g/mol. The number of benzene rings is 1. The molecule has 0 amide bonds. The molecule has 1 heterocycles. The van der Waals surface area contributed by atoms with Gasteiger partial charge in [-0.1, -0.05) is 6.07 Å². The number of β-amino-alcohol motifs (C(OH)–C–C–N with tert-alkyl or cyclic N) is 1. The van der Waals surface area contributed by atoms with Crippen LogP contribution in [-0.4, -0.2) is 60.7 Å². The molecule has 0 aliphatic carbocycles. The molecule has 0 saturated heterocycles. The van der Waals surface area contributed by atoms with Gasteiger partial charge in [-0.25, -0.2) is 12.8 Å². The number of nitrogens with one attached hydrogen (secondary N) is 1. The molecular weight excluding hydrogens is 479 g/mol. The Labute approximate surface area is 205 Å². The predicted molar refractivity (Wildman–Crippen MR) is 132 cm³/mol. The molecule has 34 heavy (non-hydrogen) atoms. The van der Waals surface area contributed by atoms with Gasteiger partial charge in [-0.3, -0.25) is 4.79 Å². The van der Waals surface area contributed by atoms with E-state index in [0.29, 0.717) is 5.56 Å². The Kier molecular flexibility index (Phi) is 10.6. The van der Waals surface area contributed by atoms with E-state index in [-0.39, 0.29) is 42.8 Å². The van der Waals surface area contributed by atoms with Gasteiger partial charge in [0.1, 0.15) is 5.82 Å². The molecule has 2 aromatic rings. The molecule has 1 unspecified atom stereocenters. The Hall–Kier alpha value is -1.85. The lowest BCUT2D eigenvalue weighted by molar-refractivity contribution is -0.137. The fourth-order valence-corrected chi connectivity index (χ4v) is 5.68. The average Bonchev–Trinajstić information content (AvgIpc) is 3.25. The number of halogens is 1. The van der Waals surface area contributed by atoms with Crippen molar-refractivity contribution in [2.75, 3.05) is 20.1 Å². The molecule has 0 fully saturated rings. The van der Waals surface area contributed by atoms with E-state index in [9.17, 15) is 22.7 Å². The minimum absolute atomic E-state index is 0.0813. The van der Waals surface area contributed by atoms with Gasteiger partial charge in [0, 0.05) is 37.0 Å². The molecule has 1 aromatic heterocycles. The Morgan fingerprint density at radius 2 is 1.97 bits per heavy atom. The smallest absolute Gasteiger partial charge is 0.303 e. The number of nitrogens with zero attached hydrogens (tertiary/aromatic N) is 1. The van der Waals surface area contributed by atoms with Crippen LogP contribution in [0, 0.1) is 5.82 Å². The van der Waals surface area contributed by atoms with Crippen molar-refractivity contribution < 1.29 is 27.8 Å². The van der Waals surface area contributed by atoms with Gasteiger partial charge in [0.15, 0.2) is 0 Å². The van der Waals surface area contributed by atoms with E-state index < -0.39 is 27.9 Å². The summed E-state index contributed by atoms with van der Waals surface area (Å²) in [5.74, 6) is -1.66. The number of hydrogen-bond donors (Lipinski definition) is 3. The minimum Gasteiger partial charge on any atom is -0.481 e. The van der Waals surface area contributed by atoms with Crippen molar-refractivity contribution in [3.8, 4) is 0 Å². The lowest BCUT2D eigenvalue weighted by Crippen LogP contribution is -2.46. The van der Waals surface area contributed by atoms with Crippen LogP contribution >= 0.6 is 11.3 Å². The minimum atomic E-state index is -4.02. The molecule has 7 nitrogen and oxygen atoms in total. The predicted octanol–water partition coefficient (Wildman–Crippen LogP) is 3.67. The highest BCUT2D eigenvalue weighted by molar-refractivity contribution is 7.89. The van der Waals surface area contributed by atoms with Crippen molar-refractivity contribution in [2.45, 2.75) is 68.9 Å². The van der Waals surface area contributed by atoms with Crippen LogP contribution in [0.2, 0.25) is 0 Å². The largest absolute Gasteiger partial charge is 0.481 e. The number of likely N-dealkylation sites (N-methyl/N-ethyl adjacent to an activating group) is 1. The number of carboxylic acids is 1. The molecule has 0 aliphatic heterocycles. The van der Waals surface area contributed by atoms with Crippen LogP contribution in [0.1, 0.15) is 50.0 Å². The second-order valence-electron chi connectivity index (χ2n) is 9.18. The van der Waals surface area contributed by atoms with Crippen LogP contribution in [0.5, 0.6) is 0 Å². The van der Waals surface area contributed by atoms with Crippen molar-refractivity contribution in [1.82, 2.24) is 9.62 Å². The number of carbonyl (C=O) groups is 1. The first kappa shape index (κ1) is 28.4. The summed E-state index contributed by atoms with van der Waals surface area (Å²) in [5, 5.41) is 24.6. The molecule has 0 saturated carbocycles. The Balaban J connectivity index is 1.89. The number of rotatable bonds is 15. The summed E-state index contributed by atoms with van der Waals surface area (Å²) in [5.41, 5.74) is 0.197. The van der Waals surface area contributed by atoms with Gasteiger partial charge in [-0.2, -0.15) is 4.31 Å². The SMILES string of the molecule is CN(CC(O)CNC(C)(C)CCCc1cccs1)S(=O)(=O)c1cc(F)cc(CCCC(=O)O)c1. The number of aliphatic carboxylic acids is 1. The van der Waals surface area contributed by atoms with Crippen LogP contribution in [0.15, 0.2) is 40.6 Å². The zero-order valence-corrected chi connectivity index (χ0v) is 21.6. The highest BCUT2D eigenvalue weighted by Crippen LogP contribution is 2.20. The van der Waals surface area contributed by atoms with Gasteiger partial charge in [-0.15, -0.1) is 11.3 Å². The second kappa shape index (κ2) is 12.7. The fraction of sp³-hybridized carbons (Fsp3) is 0.542. The average molecular weight is 515 g/mol. The summed E-state index contributed by atoms with van der Waals surface area (Å²) in [6.07, 6.45) is 2.41. The van der Waals surface area contributed by atoms with E-state index >= 15 is 0 Å². The molecule has 1 aromatic carbocycles. The Bertz CT molecular complexity index is 1030. The van der Waals surface area contributed by atoms with Crippen LogP contribution in [0.25, 0.3) is 0 Å². The first-order valence-corrected chi connectivity index (χ1v) is 13.6. The lowest BCUT2D eigenvalue weighted by atomic mass is 9.96. The van der Waals surface area contributed by atoms with Crippen LogP contribution in [0.3, 0.4) is 0 Å². The highest BCUT2D eigenvalue weighted by atomic mass is 32.2. The number of sulfonamides is 1. The molecule has 190 valence electrons. The van der Waals surface area contributed by atoms with Gasteiger partial charge in [0.25, 0.3) is 0 Å². The van der Waals surface area contributed by atoms with Crippen molar-refractivity contribution >= 4 is 27.3 Å². The van der Waals surface area contributed by atoms with Gasteiger partial charge in [0.2, 0.25) is 10.0 Å². The maximum atomic E-state index is 14.1. The number of aliphatic hydroxyl groups excluding tert-OH is 1. The van der Waals surface area contributed by atoms with E-state index in [0.717, 1.165) is 29.6 Å². The van der Waals surface area contributed by atoms with Crippen molar-refractivity contribution in [2.24, 2.45) is 0 Å². The summed E-state index contributed by atoms with van der Waals surface area (Å²) in [4.78, 5) is 11.8. The Morgan fingerprint density at radius 1 is 1.24 bits per heavy atom. The van der Waals surface area contributed by atoms with Gasteiger partial charge in [0.05, 0.1) is 11.0 Å². The van der Waals surface area contributed by atoms with Gasteiger partial charge in [-0.05, 0) is 81.2 Å². The zero-order chi connectivity index (χ0) is 25.4. The molecule has 0 bridgehead atoms. The topological polar surface area (TPSA) is 107 Å². The number of carboxylic acid groups (broad SMARTS) is 1. The van der Waals surface area contributed by atoms with Crippen LogP contribution < -0.4 is 5.32 Å². The van der Waals surface area contributed by atoms with E-state index in [4.69, 9.17) is 5.11 Å². The molecule has 0 spiro atoms. The fourth-order valence-electron chi connectivity index (χ4n) is 3.64. The molecule has 1 atom stereocenters. The summed E-state index contributed by atoms with van der Waals surface area (Å²) >= 11 is 1.74. The van der Waals surface area contributed by atoms with Crippen molar-refractivity contribution in [1.29, 1.82) is 0 Å². The lowest BCUT2D eigenvalue weighted by Gasteiger charge is -2.29. The van der Waals surface area contributed by atoms with Crippen LogP contribution in [-0.2, 0) is 27.7 Å². The first-order chi connectivity index (χ1) is 15.9. The molecule has 0 aliphatic rings. The molecule has 10 heteroatoms. The summed E-state index contributed by atoms with van der Waals surface area (Å²) in [6.45, 7) is 4.17. The molecule has 3 N–H and O–H groups in total. The number of thiophene rings is 1. The third-order valence-electron chi connectivity index (χ3n) is 5.58. The molecule has 2 rings (SSSR count). The summed E-state index contributed by atoms with van der Waals surface area (Å²) < 4.78 is 41.0. The third-order valence-corrected chi connectivity index (χ3v) is 8.32. The zero-order valence-electron chi connectivity index (χ0n) is 20.0. The number of aliphatic hydroxyl groups is 1. The maximum absolute atomic E-state index is 14.1. The second-order valence-corrected chi connectivity index (χ2v) is 12.3. The number of hydrogen-bond acceptors (Lipinski definition) is 6.